The first kappa shape index (κ1) is 11.0. The number of pyridine rings is 1. The Balaban J connectivity index is 2.59. The smallest absolute Gasteiger partial charge is 0.140 e. The van der Waals surface area contributed by atoms with Crippen LogP contribution in [0.4, 0.5) is 0 Å². The number of unbranched alkanes of at least 4 members (excludes halogenated alkanes) is 1. The van der Waals surface area contributed by atoms with E-state index in [1.165, 1.54) is 0 Å². The third kappa shape index (κ3) is 3.00. The maximum Gasteiger partial charge on any atom is 0.140 e. The Kier molecular flexibility index (Phi) is 4.40. The van der Waals surface area contributed by atoms with Gasteiger partial charge in [-0.15, -0.1) is 0 Å². The third-order valence-electron chi connectivity index (χ3n) is 2.01. The highest BCUT2D eigenvalue weighted by molar-refractivity contribution is 5.28. The van der Waals surface area contributed by atoms with Crippen LogP contribution in [0.25, 0.3) is 0 Å². The first-order valence-corrected chi connectivity index (χ1v) is 4.98. The van der Waals surface area contributed by atoms with Gasteiger partial charge in [0.1, 0.15) is 5.75 Å². The molecule has 0 aliphatic rings. The Morgan fingerprint density at radius 1 is 1.43 bits per heavy atom. The fraction of sp³-hybridized carbons (Fsp3) is 0.545. The van der Waals surface area contributed by atoms with Crippen LogP contribution in [0.1, 0.15) is 31.2 Å². The van der Waals surface area contributed by atoms with Gasteiger partial charge >= 0.3 is 0 Å². The van der Waals surface area contributed by atoms with Crippen molar-refractivity contribution in [2.75, 3.05) is 6.61 Å². The second-order valence-corrected chi connectivity index (χ2v) is 3.25. The Morgan fingerprint density at radius 3 is 2.79 bits per heavy atom. The Morgan fingerprint density at radius 2 is 2.21 bits per heavy atom. The van der Waals surface area contributed by atoms with Crippen LogP contribution in [0.2, 0.25) is 0 Å². The molecule has 0 radical (unpaired) electrons. The lowest BCUT2D eigenvalue weighted by Crippen LogP contribution is -2.01. The lowest BCUT2D eigenvalue weighted by molar-refractivity contribution is 0.274. The van der Waals surface area contributed by atoms with Gasteiger partial charge in [-0.3, -0.25) is 4.98 Å². The van der Waals surface area contributed by atoms with Crippen molar-refractivity contribution in [3.63, 3.8) is 0 Å². The van der Waals surface area contributed by atoms with Gasteiger partial charge in [-0.05, 0) is 25.5 Å². The SMILES string of the molecule is CCCCOc1ccc(CO)nc1C. The summed E-state index contributed by atoms with van der Waals surface area (Å²) in [7, 11) is 0. The van der Waals surface area contributed by atoms with Crippen LogP contribution in [0.15, 0.2) is 12.1 Å². The van der Waals surface area contributed by atoms with E-state index < -0.39 is 0 Å². The van der Waals surface area contributed by atoms with E-state index in [4.69, 9.17) is 9.84 Å². The van der Waals surface area contributed by atoms with E-state index in [9.17, 15) is 0 Å². The molecule has 0 bridgehead atoms. The fourth-order valence-electron chi connectivity index (χ4n) is 1.17. The average Bonchev–Trinajstić information content (AvgIpc) is 2.20. The summed E-state index contributed by atoms with van der Waals surface area (Å²) < 4.78 is 5.53. The predicted molar refractivity (Wildman–Crippen MR) is 55.3 cm³/mol. The van der Waals surface area contributed by atoms with Gasteiger partial charge in [-0.2, -0.15) is 0 Å². The quantitative estimate of drug-likeness (QED) is 0.731. The van der Waals surface area contributed by atoms with E-state index >= 15 is 0 Å². The minimum absolute atomic E-state index is 0.0178. The molecule has 1 rings (SSSR count). The van der Waals surface area contributed by atoms with Crippen LogP contribution >= 0.6 is 0 Å². The van der Waals surface area contributed by atoms with E-state index in [1.54, 1.807) is 6.07 Å². The summed E-state index contributed by atoms with van der Waals surface area (Å²) in [6.45, 7) is 4.73. The highest BCUT2D eigenvalue weighted by Crippen LogP contribution is 2.16. The van der Waals surface area contributed by atoms with Crippen molar-refractivity contribution in [1.29, 1.82) is 0 Å². The standard InChI is InChI=1S/C11H17NO2/c1-3-4-7-14-11-6-5-10(8-13)12-9(11)2/h5-6,13H,3-4,7-8H2,1-2H3. The molecule has 0 spiro atoms. The molecule has 0 atom stereocenters. The summed E-state index contributed by atoms with van der Waals surface area (Å²) >= 11 is 0. The van der Waals surface area contributed by atoms with E-state index in [1.807, 2.05) is 13.0 Å². The van der Waals surface area contributed by atoms with Crippen LogP contribution in [-0.2, 0) is 6.61 Å². The van der Waals surface area contributed by atoms with Crippen LogP contribution in [0.3, 0.4) is 0 Å². The van der Waals surface area contributed by atoms with Gasteiger partial charge in [0, 0.05) is 0 Å². The largest absolute Gasteiger partial charge is 0.492 e. The molecule has 1 aromatic heterocycles. The Bertz CT molecular complexity index is 287. The van der Waals surface area contributed by atoms with Gasteiger partial charge in [0.05, 0.1) is 24.6 Å². The van der Waals surface area contributed by atoms with Gasteiger partial charge < -0.3 is 9.84 Å². The van der Waals surface area contributed by atoms with Crippen molar-refractivity contribution in [2.45, 2.75) is 33.3 Å². The molecule has 0 unspecified atom stereocenters. The second kappa shape index (κ2) is 5.60. The lowest BCUT2D eigenvalue weighted by atomic mass is 10.3. The number of aliphatic hydroxyl groups excluding tert-OH is 1. The summed E-state index contributed by atoms with van der Waals surface area (Å²) in [4.78, 5) is 4.20. The minimum Gasteiger partial charge on any atom is -0.492 e. The van der Waals surface area contributed by atoms with Crippen molar-refractivity contribution >= 4 is 0 Å². The number of aliphatic hydroxyl groups is 1. The molecular formula is C11H17NO2. The van der Waals surface area contributed by atoms with Crippen molar-refractivity contribution in [2.24, 2.45) is 0 Å². The van der Waals surface area contributed by atoms with Crippen LogP contribution in [0, 0.1) is 6.92 Å². The molecule has 0 saturated carbocycles. The normalized spacial score (nSPS) is 10.2. The zero-order valence-corrected chi connectivity index (χ0v) is 8.79. The van der Waals surface area contributed by atoms with Crippen molar-refractivity contribution in [3.8, 4) is 5.75 Å². The fourth-order valence-corrected chi connectivity index (χ4v) is 1.17. The highest BCUT2D eigenvalue weighted by Gasteiger charge is 2.01. The Labute approximate surface area is 84.7 Å². The maximum absolute atomic E-state index is 8.86. The summed E-state index contributed by atoms with van der Waals surface area (Å²) in [5.74, 6) is 0.815. The third-order valence-corrected chi connectivity index (χ3v) is 2.01. The molecule has 0 saturated heterocycles. The van der Waals surface area contributed by atoms with Gasteiger partial charge in [-0.25, -0.2) is 0 Å². The molecule has 0 aromatic carbocycles. The second-order valence-electron chi connectivity index (χ2n) is 3.25. The van der Waals surface area contributed by atoms with Crippen molar-refractivity contribution in [3.05, 3.63) is 23.5 Å². The first-order chi connectivity index (χ1) is 6.77. The number of hydrogen-bond acceptors (Lipinski definition) is 3. The summed E-state index contributed by atoms with van der Waals surface area (Å²) in [5, 5.41) is 8.86. The molecule has 1 aromatic rings. The maximum atomic E-state index is 8.86. The molecule has 14 heavy (non-hydrogen) atoms. The molecule has 3 nitrogen and oxygen atoms in total. The van der Waals surface area contributed by atoms with Crippen LogP contribution in [0.5, 0.6) is 5.75 Å². The molecule has 0 fully saturated rings. The zero-order chi connectivity index (χ0) is 10.4. The Hall–Kier alpha value is -1.09. The number of rotatable bonds is 5. The molecular weight excluding hydrogens is 178 g/mol. The molecule has 78 valence electrons. The molecule has 0 aliphatic carbocycles. The van der Waals surface area contributed by atoms with Gasteiger partial charge in [0.2, 0.25) is 0 Å². The summed E-state index contributed by atoms with van der Waals surface area (Å²) in [6.07, 6.45) is 2.18. The van der Waals surface area contributed by atoms with Crippen LogP contribution < -0.4 is 4.74 Å². The highest BCUT2D eigenvalue weighted by atomic mass is 16.5. The number of hydrogen-bond donors (Lipinski definition) is 1. The van der Waals surface area contributed by atoms with Gasteiger partial charge in [-0.1, -0.05) is 13.3 Å². The van der Waals surface area contributed by atoms with E-state index in [2.05, 4.69) is 11.9 Å². The average molecular weight is 195 g/mol. The zero-order valence-electron chi connectivity index (χ0n) is 8.79. The number of ether oxygens (including phenoxy) is 1. The minimum atomic E-state index is -0.0178. The lowest BCUT2D eigenvalue weighted by Gasteiger charge is -2.08. The first-order valence-electron chi connectivity index (χ1n) is 4.98. The molecule has 1 heterocycles. The van der Waals surface area contributed by atoms with Gasteiger partial charge in [0.15, 0.2) is 0 Å². The molecule has 0 amide bonds. The van der Waals surface area contributed by atoms with E-state index in [0.717, 1.165) is 30.9 Å². The molecule has 1 N–H and O–H groups in total. The predicted octanol–water partition coefficient (Wildman–Crippen LogP) is 2.06. The van der Waals surface area contributed by atoms with E-state index in [-0.39, 0.29) is 6.61 Å². The summed E-state index contributed by atoms with van der Waals surface area (Å²) in [5.41, 5.74) is 1.53. The van der Waals surface area contributed by atoms with Crippen molar-refractivity contribution in [1.82, 2.24) is 4.98 Å². The van der Waals surface area contributed by atoms with E-state index in [0.29, 0.717) is 5.69 Å². The van der Waals surface area contributed by atoms with Crippen LogP contribution in [-0.4, -0.2) is 16.7 Å². The number of aromatic nitrogens is 1. The number of aryl methyl sites for hydroxylation is 1. The van der Waals surface area contributed by atoms with Crippen molar-refractivity contribution < 1.29 is 9.84 Å². The molecule has 0 aliphatic heterocycles. The summed E-state index contributed by atoms with van der Waals surface area (Å²) in [6, 6.07) is 3.65. The van der Waals surface area contributed by atoms with Gasteiger partial charge in [0.25, 0.3) is 0 Å². The topological polar surface area (TPSA) is 42.4 Å². The number of nitrogens with zero attached hydrogens (tertiary/aromatic N) is 1. The molecule has 3 heteroatoms. The monoisotopic (exact) mass is 195 g/mol.